The highest BCUT2D eigenvalue weighted by atomic mass is 16.6. The number of nitrogens with zero attached hydrogens (tertiary/aromatic N) is 1. The molecule has 0 spiro atoms. The first-order valence-electron chi connectivity index (χ1n) is 11.7. The third-order valence-corrected chi connectivity index (χ3v) is 4.84. The molecule has 3 amide bonds. The third kappa shape index (κ3) is 9.44. The van der Waals surface area contributed by atoms with Crippen molar-refractivity contribution in [2.75, 3.05) is 13.2 Å². The van der Waals surface area contributed by atoms with Gasteiger partial charge in [0.05, 0.1) is 6.61 Å². The molecule has 8 nitrogen and oxygen atoms in total. The smallest absolute Gasteiger partial charge is 0.408 e. The average Bonchev–Trinajstić information content (AvgIpc) is 2.75. The Morgan fingerprint density at radius 2 is 1.74 bits per heavy atom. The summed E-state index contributed by atoms with van der Waals surface area (Å²) in [5, 5.41) is 15.2. The Bertz CT molecular complexity index is 853. The summed E-state index contributed by atoms with van der Waals surface area (Å²) >= 11 is 0. The molecular weight excluding hydrogens is 434 g/mol. The number of rotatable bonds is 11. The van der Waals surface area contributed by atoms with Gasteiger partial charge < -0.3 is 25.4 Å². The topological polar surface area (TPSA) is 108 Å². The molecule has 188 valence electrons. The van der Waals surface area contributed by atoms with Crippen LogP contribution in [-0.2, 0) is 14.3 Å². The Morgan fingerprint density at radius 3 is 2.21 bits per heavy atom. The maximum Gasteiger partial charge on any atom is 0.408 e. The third-order valence-electron chi connectivity index (χ3n) is 4.84. The number of alkyl carbamates (subject to hydrolysis) is 1. The van der Waals surface area contributed by atoms with Gasteiger partial charge in [0, 0.05) is 18.2 Å². The van der Waals surface area contributed by atoms with Gasteiger partial charge in [-0.15, -0.1) is 6.42 Å². The second kappa shape index (κ2) is 13.6. The average molecular weight is 474 g/mol. The van der Waals surface area contributed by atoms with Crippen molar-refractivity contribution in [3.63, 3.8) is 0 Å². The zero-order chi connectivity index (χ0) is 25.9. The Hall–Kier alpha value is -3.05. The number of carbonyl (C=O) groups excluding carboxylic acids is 3. The number of nitrogens with one attached hydrogen (secondary N) is 2. The first-order valence-corrected chi connectivity index (χ1v) is 11.7. The number of carbonyl (C=O) groups is 3. The van der Waals surface area contributed by atoms with E-state index in [1.165, 1.54) is 4.90 Å². The fraction of sp³-hybridized carbons (Fsp3) is 0.577. The molecule has 3 N–H and O–H groups in total. The Balaban J connectivity index is 3.38. The van der Waals surface area contributed by atoms with Gasteiger partial charge >= 0.3 is 6.09 Å². The number of terminal acetylenes is 1. The maximum atomic E-state index is 13.6. The van der Waals surface area contributed by atoms with Crippen molar-refractivity contribution in [1.82, 2.24) is 15.5 Å². The first-order chi connectivity index (χ1) is 15.9. The Kier molecular flexibility index (Phi) is 11.6. The molecule has 1 aromatic rings. The van der Waals surface area contributed by atoms with Gasteiger partial charge in [-0.3, -0.25) is 9.59 Å². The summed E-state index contributed by atoms with van der Waals surface area (Å²) in [6, 6.07) is 4.47. The Labute approximate surface area is 203 Å². The van der Waals surface area contributed by atoms with Gasteiger partial charge in [-0.05, 0) is 58.7 Å². The first kappa shape index (κ1) is 29.0. The van der Waals surface area contributed by atoms with E-state index in [2.05, 4.69) is 16.6 Å². The molecule has 34 heavy (non-hydrogen) atoms. The highest BCUT2D eigenvalue weighted by molar-refractivity contribution is 5.92. The van der Waals surface area contributed by atoms with Crippen molar-refractivity contribution >= 4 is 17.9 Å². The highest BCUT2D eigenvalue weighted by Gasteiger charge is 2.36. The number of benzene rings is 1. The minimum Gasteiger partial charge on any atom is -0.444 e. The van der Waals surface area contributed by atoms with Crippen molar-refractivity contribution in [3.05, 3.63) is 35.4 Å². The standard InChI is InChI=1S/C26H39N3O5/c1-8-10-11-16-29(24(32)21(17-30)28-25(33)34-26(5,6)7)22(23(31)27-18(3)4)20-14-12-19(9-2)13-15-20/h2,12-15,18,21-22,30H,8,10-11,16-17H2,1,3-7H3,(H,27,31)(H,28,33). The van der Waals surface area contributed by atoms with Crippen LogP contribution in [0.5, 0.6) is 0 Å². The lowest BCUT2D eigenvalue weighted by Crippen LogP contribution is -2.55. The highest BCUT2D eigenvalue weighted by Crippen LogP contribution is 2.24. The molecule has 0 radical (unpaired) electrons. The second-order valence-electron chi connectivity index (χ2n) is 9.45. The van der Waals surface area contributed by atoms with Crippen LogP contribution in [-0.4, -0.2) is 58.8 Å². The lowest BCUT2D eigenvalue weighted by atomic mass is 10.0. The summed E-state index contributed by atoms with van der Waals surface area (Å²) in [5.41, 5.74) is 0.457. The predicted molar refractivity (Wildman–Crippen MR) is 132 cm³/mol. The number of unbranched alkanes of at least 4 members (excludes halogenated alkanes) is 2. The van der Waals surface area contributed by atoms with E-state index in [0.29, 0.717) is 17.5 Å². The van der Waals surface area contributed by atoms with Gasteiger partial charge in [0.1, 0.15) is 17.7 Å². The molecule has 0 saturated heterocycles. The van der Waals surface area contributed by atoms with Gasteiger partial charge in [0.2, 0.25) is 11.8 Å². The molecule has 1 rings (SSSR count). The summed E-state index contributed by atoms with van der Waals surface area (Å²) in [6.45, 7) is 10.4. The summed E-state index contributed by atoms with van der Waals surface area (Å²) in [4.78, 5) is 40.6. The summed E-state index contributed by atoms with van der Waals surface area (Å²) in [6.07, 6.45) is 7.06. The van der Waals surface area contributed by atoms with E-state index in [1.807, 2.05) is 20.8 Å². The van der Waals surface area contributed by atoms with Crippen LogP contribution in [0.1, 0.15) is 78.0 Å². The van der Waals surface area contributed by atoms with Crippen LogP contribution < -0.4 is 10.6 Å². The predicted octanol–water partition coefficient (Wildman–Crippen LogP) is 3.14. The van der Waals surface area contributed by atoms with Crippen LogP contribution in [0.4, 0.5) is 4.79 Å². The molecule has 0 heterocycles. The van der Waals surface area contributed by atoms with E-state index in [-0.39, 0.29) is 18.5 Å². The van der Waals surface area contributed by atoms with Crippen LogP contribution >= 0.6 is 0 Å². The van der Waals surface area contributed by atoms with Crippen LogP contribution in [0.3, 0.4) is 0 Å². The van der Waals surface area contributed by atoms with Crippen molar-refractivity contribution < 1.29 is 24.2 Å². The minimum absolute atomic E-state index is 0.152. The number of ether oxygens (including phenoxy) is 1. The van der Waals surface area contributed by atoms with Gasteiger partial charge in [-0.25, -0.2) is 4.79 Å². The summed E-state index contributed by atoms with van der Waals surface area (Å²) in [7, 11) is 0. The normalized spacial score (nSPS) is 12.9. The van der Waals surface area contributed by atoms with E-state index >= 15 is 0 Å². The second-order valence-corrected chi connectivity index (χ2v) is 9.45. The van der Waals surface area contributed by atoms with Crippen LogP contribution in [0.25, 0.3) is 0 Å². The summed E-state index contributed by atoms with van der Waals surface area (Å²) < 4.78 is 5.24. The van der Waals surface area contributed by atoms with Crippen molar-refractivity contribution in [1.29, 1.82) is 0 Å². The molecule has 8 heteroatoms. The molecule has 0 aliphatic rings. The van der Waals surface area contributed by atoms with Crippen molar-refractivity contribution in [3.8, 4) is 12.3 Å². The van der Waals surface area contributed by atoms with E-state index < -0.39 is 36.3 Å². The van der Waals surface area contributed by atoms with Gasteiger partial charge in [-0.2, -0.15) is 0 Å². The van der Waals surface area contributed by atoms with Crippen LogP contribution in [0, 0.1) is 12.3 Å². The zero-order valence-corrected chi connectivity index (χ0v) is 21.2. The van der Waals surface area contributed by atoms with Crippen LogP contribution in [0.15, 0.2) is 24.3 Å². The minimum atomic E-state index is -1.27. The van der Waals surface area contributed by atoms with Crippen molar-refractivity contribution in [2.24, 2.45) is 0 Å². The molecular formula is C26H39N3O5. The molecule has 0 bridgehead atoms. The lowest BCUT2D eigenvalue weighted by molar-refractivity contribution is -0.143. The van der Waals surface area contributed by atoms with Gasteiger partial charge in [-0.1, -0.05) is 37.8 Å². The van der Waals surface area contributed by atoms with Crippen LogP contribution in [0.2, 0.25) is 0 Å². The van der Waals surface area contributed by atoms with Gasteiger partial charge in [0.25, 0.3) is 0 Å². The number of aliphatic hydroxyl groups excluding tert-OH is 1. The number of aliphatic hydroxyl groups is 1. The van der Waals surface area contributed by atoms with E-state index in [9.17, 15) is 19.5 Å². The number of hydrogen-bond acceptors (Lipinski definition) is 5. The van der Waals surface area contributed by atoms with Gasteiger partial charge in [0.15, 0.2) is 0 Å². The number of amides is 3. The molecule has 0 aliphatic carbocycles. The molecule has 2 atom stereocenters. The number of hydrogen-bond donors (Lipinski definition) is 3. The van der Waals surface area contributed by atoms with Crippen molar-refractivity contribution in [2.45, 2.75) is 84.5 Å². The summed E-state index contributed by atoms with van der Waals surface area (Å²) in [5.74, 6) is 1.61. The van der Waals surface area contributed by atoms with E-state index in [0.717, 1.165) is 12.8 Å². The monoisotopic (exact) mass is 473 g/mol. The Morgan fingerprint density at radius 1 is 1.12 bits per heavy atom. The fourth-order valence-corrected chi connectivity index (χ4v) is 3.33. The molecule has 0 saturated carbocycles. The fourth-order valence-electron chi connectivity index (χ4n) is 3.33. The maximum absolute atomic E-state index is 13.6. The molecule has 0 aliphatic heterocycles. The largest absolute Gasteiger partial charge is 0.444 e. The van der Waals surface area contributed by atoms with E-state index in [1.54, 1.807) is 45.0 Å². The molecule has 2 unspecified atom stereocenters. The SMILES string of the molecule is C#Cc1ccc(C(C(=O)NC(C)C)N(CCCCC)C(=O)C(CO)NC(=O)OC(C)(C)C)cc1. The lowest BCUT2D eigenvalue weighted by Gasteiger charge is -2.34. The quantitative estimate of drug-likeness (QED) is 0.338. The molecule has 0 fully saturated rings. The zero-order valence-electron chi connectivity index (χ0n) is 21.2. The molecule has 1 aromatic carbocycles. The van der Waals surface area contributed by atoms with E-state index in [4.69, 9.17) is 11.2 Å². The molecule has 0 aromatic heterocycles.